The first-order chi connectivity index (χ1) is 6.27. The van der Waals surface area contributed by atoms with E-state index in [2.05, 4.69) is 12.2 Å². The second-order valence-electron chi connectivity index (χ2n) is 3.31. The fraction of sp³-hybridized carbons (Fsp3) is 0.818. The summed E-state index contributed by atoms with van der Waals surface area (Å²) in [6.45, 7) is 2.02. The van der Waals surface area contributed by atoms with Crippen LogP contribution in [0.1, 0.15) is 51.9 Å². The number of hydrogen-bond donors (Lipinski definition) is 0. The van der Waals surface area contributed by atoms with E-state index in [0.29, 0.717) is 6.42 Å². The van der Waals surface area contributed by atoms with Gasteiger partial charge in [0.25, 0.3) is 0 Å². The molecule has 0 aliphatic carbocycles. The summed E-state index contributed by atoms with van der Waals surface area (Å²) in [5.74, 6) is 0. The van der Waals surface area contributed by atoms with Gasteiger partial charge in [0.1, 0.15) is 0 Å². The standard InChI is InChI=1S/C11H20F2/c1-2-3-4-5-6-7-8-9-10-11(12)13/h2-3,11H,4-10H2,1H3/b3-2+. The van der Waals surface area contributed by atoms with E-state index >= 15 is 0 Å². The van der Waals surface area contributed by atoms with Crippen LogP contribution in [0.4, 0.5) is 8.78 Å². The summed E-state index contributed by atoms with van der Waals surface area (Å²) in [5.41, 5.74) is 0. The van der Waals surface area contributed by atoms with Crippen LogP contribution in [0.3, 0.4) is 0 Å². The van der Waals surface area contributed by atoms with Crippen molar-refractivity contribution in [3.63, 3.8) is 0 Å². The lowest BCUT2D eigenvalue weighted by molar-refractivity contribution is 0.133. The maximum atomic E-state index is 11.7. The van der Waals surface area contributed by atoms with E-state index in [-0.39, 0.29) is 6.42 Å². The predicted molar refractivity (Wildman–Crippen MR) is 53.1 cm³/mol. The van der Waals surface area contributed by atoms with Crippen molar-refractivity contribution >= 4 is 0 Å². The van der Waals surface area contributed by atoms with Crippen LogP contribution in [0, 0.1) is 0 Å². The van der Waals surface area contributed by atoms with Crippen LogP contribution in [-0.4, -0.2) is 6.43 Å². The largest absolute Gasteiger partial charge is 0.238 e. The Morgan fingerprint density at radius 1 is 1.00 bits per heavy atom. The van der Waals surface area contributed by atoms with Crippen LogP contribution in [-0.2, 0) is 0 Å². The molecule has 0 nitrogen and oxygen atoms in total. The summed E-state index contributed by atoms with van der Waals surface area (Å²) in [4.78, 5) is 0. The molecule has 0 atom stereocenters. The molecule has 0 aliphatic heterocycles. The van der Waals surface area contributed by atoms with Crippen molar-refractivity contribution in [2.24, 2.45) is 0 Å². The lowest BCUT2D eigenvalue weighted by atomic mass is 10.1. The molecule has 0 bridgehead atoms. The van der Waals surface area contributed by atoms with Gasteiger partial charge in [-0.25, -0.2) is 8.78 Å². The van der Waals surface area contributed by atoms with Crippen molar-refractivity contribution in [2.45, 2.75) is 58.3 Å². The first-order valence-electron chi connectivity index (χ1n) is 5.16. The first-order valence-corrected chi connectivity index (χ1v) is 5.16. The van der Waals surface area contributed by atoms with Gasteiger partial charge in [0.15, 0.2) is 0 Å². The Hall–Kier alpha value is -0.400. The quantitative estimate of drug-likeness (QED) is 0.389. The third-order valence-electron chi connectivity index (χ3n) is 2.03. The molecule has 0 N–H and O–H groups in total. The van der Waals surface area contributed by atoms with Gasteiger partial charge in [0.2, 0.25) is 6.43 Å². The predicted octanol–water partition coefficient (Wildman–Crippen LogP) is 4.56. The van der Waals surface area contributed by atoms with Gasteiger partial charge in [-0.3, -0.25) is 0 Å². The van der Waals surface area contributed by atoms with Crippen LogP contribution >= 0.6 is 0 Å². The molecule has 0 fully saturated rings. The van der Waals surface area contributed by atoms with E-state index in [9.17, 15) is 8.78 Å². The number of alkyl halides is 2. The Morgan fingerprint density at radius 2 is 1.62 bits per heavy atom. The Morgan fingerprint density at radius 3 is 2.23 bits per heavy atom. The van der Waals surface area contributed by atoms with E-state index in [0.717, 1.165) is 19.3 Å². The fourth-order valence-corrected chi connectivity index (χ4v) is 1.26. The second kappa shape index (κ2) is 9.69. The SMILES string of the molecule is C/C=C/CCCCCCCC(F)F. The van der Waals surface area contributed by atoms with Crippen LogP contribution in [0.15, 0.2) is 12.2 Å². The van der Waals surface area contributed by atoms with Gasteiger partial charge in [-0.2, -0.15) is 0 Å². The van der Waals surface area contributed by atoms with Crippen LogP contribution in [0.2, 0.25) is 0 Å². The molecule has 0 amide bonds. The van der Waals surface area contributed by atoms with Crippen LogP contribution in [0.25, 0.3) is 0 Å². The summed E-state index contributed by atoms with van der Waals surface area (Å²) in [7, 11) is 0. The zero-order valence-corrected chi connectivity index (χ0v) is 8.44. The highest BCUT2D eigenvalue weighted by molar-refractivity contribution is 4.76. The molecule has 0 aliphatic rings. The highest BCUT2D eigenvalue weighted by atomic mass is 19.3. The summed E-state index contributed by atoms with van der Waals surface area (Å²) in [5, 5.41) is 0. The van der Waals surface area contributed by atoms with Gasteiger partial charge in [-0.1, -0.05) is 31.4 Å². The zero-order chi connectivity index (χ0) is 9.94. The molecule has 0 rings (SSSR count). The molecule has 0 saturated heterocycles. The molecule has 13 heavy (non-hydrogen) atoms. The molecule has 2 heteroatoms. The minimum absolute atomic E-state index is 0.0782. The van der Waals surface area contributed by atoms with Crippen molar-refractivity contribution in [3.05, 3.63) is 12.2 Å². The molecule has 0 aromatic heterocycles. The molecule has 0 spiro atoms. The Kier molecular flexibility index (Phi) is 9.39. The van der Waals surface area contributed by atoms with E-state index in [1.807, 2.05) is 6.92 Å². The molecule has 0 unspecified atom stereocenters. The lowest BCUT2D eigenvalue weighted by Gasteiger charge is -1.99. The Bertz CT molecular complexity index is 119. The maximum Gasteiger partial charge on any atom is 0.238 e. The fourth-order valence-electron chi connectivity index (χ4n) is 1.26. The number of unbranched alkanes of at least 4 members (excludes halogenated alkanes) is 5. The van der Waals surface area contributed by atoms with Crippen molar-refractivity contribution in [2.75, 3.05) is 0 Å². The molecule has 0 radical (unpaired) electrons. The Balaban J connectivity index is 2.91. The van der Waals surface area contributed by atoms with E-state index in [1.165, 1.54) is 12.8 Å². The van der Waals surface area contributed by atoms with E-state index < -0.39 is 6.43 Å². The molecule has 0 aromatic rings. The third kappa shape index (κ3) is 11.6. The van der Waals surface area contributed by atoms with Gasteiger partial charge in [0.05, 0.1) is 0 Å². The second-order valence-corrected chi connectivity index (χ2v) is 3.31. The van der Waals surface area contributed by atoms with Gasteiger partial charge < -0.3 is 0 Å². The van der Waals surface area contributed by atoms with E-state index in [4.69, 9.17) is 0 Å². The number of rotatable bonds is 8. The number of halogens is 2. The molecule has 0 saturated carbocycles. The highest BCUT2D eigenvalue weighted by Gasteiger charge is 2.00. The monoisotopic (exact) mass is 190 g/mol. The van der Waals surface area contributed by atoms with Crippen LogP contribution in [0.5, 0.6) is 0 Å². The molecular formula is C11H20F2. The van der Waals surface area contributed by atoms with Crippen molar-refractivity contribution in [1.82, 2.24) is 0 Å². The topological polar surface area (TPSA) is 0 Å². The Labute approximate surface area is 80.0 Å². The van der Waals surface area contributed by atoms with Crippen molar-refractivity contribution in [3.8, 4) is 0 Å². The number of hydrogen-bond acceptors (Lipinski definition) is 0. The summed E-state index contributed by atoms with van der Waals surface area (Å²) in [6.07, 6.45) is 8.41. The van der Waals surface area contributed by atoms with Gasteiger partial charge >= 0.3 is 0 Å². The molecule has 0 aromatic carbocycles. The van der Waals surface area contributed by atoms with Gasteiger partial charge in [-0.05, 0) is 26.2 Å². The van der Waals surface area contributed by atoms with Crippen molar-refractivity contribution in [1.29, 1.82) is 0 Å². The minimum atomic E-state index is -2.11. The summed E-state index contributed by atoms with van der Waals surface area (Å²) >= 11 is 0. The van der Waals surface area contributed by atoms with Crippen LogP contribution < -0.4 is 0 Å². The third-order valence-corrected chi connectivity index (χ3v) is 2.03. The maximum absolute atomic E-state index is 11.7. The van der Waals surface area contributed by atoms with E-state index in [1.54, 1.807) is 0 Å². The normalized spacial score (nSPS) is 11.7. The smallest absolute Gasteiger partial charge is 0.211 e. The first kappa shape index (κ1) is 12.6. The molecule has 0 heterocycles. The zero-order valence-electron chi connectivity index (χ0n) is 8.44. The lowest BCUT2D eigenvalue weighted by Crippen LogP contribution is -1.89. The van der Waals surface area contributed by atoms with Gasteiger partial charge in [-0.15, -0.1) is 0 Å². The average molecular weight is 190 g/mol. The summed E-state index contributed by atoms with van der Waals surface area (Å²) in [6, 6.07) is 0. The average Bonchev–Trinajstić information content (AvgIpc) is 2.09. The number of allylic oxidation sites excluding steroid dienone is 2. The highest BCUT2D eigenvalue weighted by Crippen LogP contribution is 2.10. The molecular weight excluding hydrogens is 170 g/mol. The molecule has 78 valence electrons. The van der Waals surface area contributed by atoms with Crippen molar-refractivity contribution < 1.29 is 8.78 Å². The summed E-state index contributed by atoms with van der Waals surface area (Å²) < 4.78 is 23.4. The minimum Gasteiger partial charge on any atom is -0.211 e. The van der Waals surface area contributed by atoms with Gasteiger partial charge in [0, 0.05) is 6.42 Å².